The van der Waals surface area contributed by atoms with Gasteiger partial charge in [0, 0.05) is 24.7 Å². The number of hydrogen-bond donors (Lipinski definition) is 6. The molecule has 220 valence electrons. The van der Waals surface area contributed by atoms with Gasteiger partial charge in [-0.1, -0.05) is 6.42 Å². The highest BCUT2D eigenvalue weighted by atomic mass is 19.4. The molecule has 15 heteroatoms. The van der Waals surface area contributed by atoms with Gasteiger partial charge in [0.1, 0.15) is 17.1 Å². The molecule has 2 heterocycles. The fourth-order valence-corrected chi connectivity index (χ4v) is 4.28. The highest BCUT2D eigenvalue weighted by molar-refractivity contribution is 6.10. The molecule has 0 saturated carbocycles. The number of halogens is 4. The van der Waals surface area contributed by atoms with Crippen LogP contribution in [0.5, 0.6) is 5.75 Å². The molecule has 0 spiro atoms. The van der Waals surface area contributed by atoms with E-state index in [1.165, 1.54) is 25.2 Å². The number of likely N-dealkylation sites (tertiary alicyclic amines) is 1. The number of aromatic amines is 1. The van der Waals surface area contributed by atoms with Crippen molar-refractivity contribution >= 4 is 40.1 Å². The Bertz CT molecular complexity index is 1530. The maximum absolute atomic E-state index is 14.0. The van der Waals surface area contributed by atoms with Gasteiger partial charge in [-0.15, -0.1) is 0 Å². The summed E-state index contributed by atoms with van der Waals surface area (Å²) in [5.74, 6) is -6.04. The van der Waals surface area contributed by atoms with Gasteiger partial charge in [0.2, 0.25) is 0 Å². The van der Waals surface area contributed by atoms with Crippen molar-refractivity contribution in [2.45, 2.75) is 32.0 Å². The molecular formula is C26H26F4N4O7. The van der Waals surface area contributed by atoms with Crippen molar-refractivity contribution < 1.29 is 47.3 Å². The third kappa shape index (κ3) is 7.51. The minimum atomic E-state index is -5.08. The molecule has 1 amide bonds. The molecule has 0 unspecified atom stereocenters. The summed E-state index contributed by atoms with van der Waals surface area (Å²) >= 11 is 0. The lowest BCUT2D eigenvalue weighted by molar-refractivity contribution is -0.192. The first-order chi connectivity index (χ1) is 19.2. The van der Waals surface area contributed by atoms with Crippen molar-refractivity contribution in [1.29, 1.82) is 0 Å². The first-order valence-electron chi connectivity index (χ1n) is 12.2. The highest BCUT2D eigenvalue weighted by Crippen LogP contribution is 2.31. The van der Waals surface area contributed by atoms with E-state index in [0.717, 1.165) is 44.5 Å². The molecule has 1 fully saturated rings. The molecule has 0 bridgehead atoms. The molecule has 1 aliphatic heterocycles. The molecule has 6 N–H and O–H groups in total. The molecule has 1 aromatic heterocycles. The summed E-state index contributed by atoms with van der Waals surface area (Å²) in [4.78, 5) is 50.8. The van der Waals surface area contributed by atoms with E-state index in [9.17, 15) is 42.2 Å². The number of pyridine rings is 1. The Kier molecular flexibility index (Phi) is 9.55. The maximum atomic E-state index is 14.0. The number of piperidine rings is 1. The highest BCUT2D eigenvalue weighted by Gasteiger charge is 2.38. The molecule has 41 heavy (non-hydrogen) atoms. The van der Waals surface area contributed by atoms with Crippen molar-refractivity contribution in [2.75, 3.05) is 30.8 Å². The van der Waals surface area contributed by atoms with Crippen LogP contribution in [0.25, 0.3) is 10.9 Å². The number of rotatable bonds is 6. The average Bonchev–Trinajstić information content (AvgIpc) is 2.90. The van der Waals surface area contributed by atoms with Crippen LogP contribution in [0.2, 0.25) is 0 Å². The normalized spacial score (nSPS) is 13.7. The number of H-pyrrole nitrogens is 1. The molecule has 1 saturated heterocycles. The fourth-order valence-electron chi connectivity index (χ4n) is 4.28. The molecule has 4 rings (SSSR count). The van der Waals surface area contributed by atoms with Gasteiger partial charge in [0.25, 0.3) is 11.5 Å². The van der Waals surface area contributed by atoms with E-state index in [-0.39, 0.29) is 22.2 Å². The van der Waals surface area contributed by atoms with E-state index in [1.54, 1.807) is 0 Å². The van der Waals surface area contributed by atoms with Crippen LogP contribution >= 0.6 is 0 Å². The van der Waals surface area contributed by atoms with Gasteiger partial charge in [0.05, 0.1) is 16.8 Å². The van der Waals surface area contributed by atoms with Crippen molar-refractivity contribution in [1.82, 2.24) is 9.88 Å². The zero-order valence-electron chi connectivity index (χ0n) is 21.6. The van der Waals surface area contributed by atoms with Crippen molar-refractivity contribution in [2.24, 2.45) is 0 Å². The van der Waals surface area contributed by atoms with Crippen LogP contribution in [-0.2, 0) is 11.3 Å². The molecule has 11 nitrogen and oxygen atoms in total. The smallest absolute Gasteiger partial charge is 0.490 e. The fraction of sp³-hybridized carbons (Fsp3) is 0.308. The Balaban J connectivity index is 0.000000587. The van der Waals surface area contributed by atoms with E-state index >= 15 is 0 Å². The number of hydrogen-bond acceptors (Lipinski definition) is 7. The molecule has 0 atom stereocenters. The van der Waals surface area contributed by atoms with E-state index in [4.69, 9.17) is 9.90 Å². The predicted molar refractivity (Wildman–Crippen MR) is 140 cm³/mol. The topological polar surface area (TPSA) is 172 Å². The average molecular weight is 583 g/mol. The van der Waals surface area contributed by atoms with Gasteiger partial charge in [-0.05, 0) is 61.8 Å². The summed E-state index contributed by atoms with van der Waals surface area (Å²) in [5, 5.41) is 32.6. The van der Waals surface area contributed by atoms with Gasteiger partial charge >= 0.3 is 18.1 Å². The maximum Gasteiger partial charge on any atom is 0.490 e. The lowest BCUT2D eigenvalue weighted by Gasteiger charge is -2.27. The molecule has 0 radical (unpaired) electrons. The van der Waals surface area contributed by atoms with Crippen LogP contribution in [-0.4, -0.2) is 69.4 Å². The SMILES string of the molecule is CNc1cc(F)cc2c(O)c(C(=O)Nc3ccc(C(=O)O)cc3CN3CCCCC3)c(=O)[nH]c12.O=C(O)C(F)(F)F. The Morgan fingerprint density at radius 2 is 1.66 bits per heavy atom. The number of aromatic carboxylic acids is 1. The molecule has 3 aromatic rings. The zero-order valence-corrected chi connectivity index (χ0v) is 21.6. The number of benzene rings is 2. The largest absolute Gasteiger partial charge is 0.506 e. The van der Waals surface area contributed by atoms with Crippen LogP contribution < -0.4 is 16.2 Å². The lowest BCUT2D eigenvalue weighted by atomic mass is 10.0. The number of alkyl halides is 3. The number of aromatic hydroxyl groups is 1. The summed E-state index contributed by atoms with van der Waals surface area (Å²) < 4.78 is 45.8. The number of nitrogens with one attached hydrogen (secondary N) is 3. The first kappa shape index (κ1) is 30.9. The van der Waals surface area contributed by atoms with E-state index < -0.39 is 46.7 Å². The molecular weight excluding hydrogens is 556 g/mol. The minimum absolute atomic E-state index is 0.0242. The van der Waals surface area contributed by atoms with E-state index in [0.29, 0.717) is 17.8 Å². The third-order valence-electron chi connectivity index (χ3n) is 6.24. The summed E-state index contributed by atoms with van der Waals surface area (Å²) in [7, 11) is 1.54. The number of aliphatic carboxylic acids is 1. The van der Waals surface area contributed by atoms with Crippen molar-refractivity contribution in [3.8, 4) is 5.75 Å². The van der Waals surface area contributed by atoms with Crippen LogP contribution in [0, 0.1) is 5.82 Å². The van der Waals surface area contributed by atoms with Crippen molar-refractivity contribution in [3.63, 3.8) is 0 Å². The van der Waals surface area contributed by atoms with E-state index in [2.05, 4.69) is 20.5 Å². The Labute approximate surface area is 229 Å². The number of carboxylic acid groups (broad SMARTS) is 2. The number of carbonyl (C=O) groups excluding carboxylic acids is 1. The van der Waals surface area contributed by atoms with Gasteiger partial charge in [0.15, 0.2) is 0 Å². The van der Waals surface area contributed by atoms with Gasteiger partial charge in [-0.2, -0.15) is 13.2 Å². The zero-order chi connectivity index (χ0) is 30.5. The molecule has 1 aliphatic rings. The summed E-state index contributed by atoms with van der Waals surface area (Å²) in [6.45, 7) is 2.14. The van der Waals surface area contributed by atoms with Crippen LogP contribution in [0.4, 0.5) is 28.9 Å². The van der Waals surface area contributed by atoms with Gasteiger partial charge < -0.3 is 30.9 Å². The Morgan fingerprint density at radius 3 is 2.22 bits per heavy atom. The Morgan fingerprint density at radius 1 is 1.02 bits per heavy atom. The van der Waals surface area contributed by atoms with Gasteiger partial charge in [-0.3, -0.25) is 14.5 Å². The summed E-state index contributed by atoms with van der Waals surface area (Å²) in [5.41, 5.74) is -0.00445. The van der Waals surface area contributed by atoms with Crippen molar-refractivity contribution in [3.05, 3.63) is 63.2 Å². The summed E-state index contributed by atoms with van der Waals surface area (Å²) in [6, 6.07) is 6.50. The second-order valence-corrected chi connectivity index (χ2v) is 9.07. The third-order valence-corrected chi connectivity index (χ3v) is 6.24. The quantitative estimate of drug-likeness (QED) is 0.235. The number of fused-ring (bicyclic) bond motifs is 1. The standard InChI is InChI=1S/C24H25FN4O5.C2HF3O2/c1-26-18-11-15(25)10-16-20(18)28-23(32)19(21(16)30)22(31)27-17-6-5-13(24(33)34)9-14(17)12-29-7-3-2-4-8-29;3-2(4,5)1(6)7/h5-6,9-11,26H,2-4,7-8,12H2,1H3,(H,27,31)(H,33,34)(H2,28,30,32);(H,6,7). The Hall–Kier alpha value is -4.66. The lowest BCUT2D eigenvalue weighted by Crippen LogP contribution is -2.30. The van der Waals surface area contributed by atoms with E-state index in [1.807, 2.05) is 0 Å². The minimum Gasteiger partial charge on any atom is -0.506 e. The second-order valence-electron chi connectivity index (χ2n) is 9.07. The van der Waals surface area contributed by atoms with Crippen LogP contribution in [0.3, 0.4) is 0 Å². The second kappa shape index (κ2) is 12.7. The molecule has 2 aromatic carbocycles. The summed E-state index contributed by atoms with van der Waals surface area (Å²) in [6.07, 6.45) is -1.88. The number of nitrogens with zero attached hydrogens (tertiary/aromatic N) is 1. The predicted octanol–water partition coefficient (Wildman–Crippen LogP) is 3.98. The number of carbonyl (C=O) groups is 3. The number of amides is 1. The van der Waals surface area contributed by atoms with Gasteiger partial charge in [-0.25, -0.2) is 14.0 Å². The first-order valence-corrected chi connectivity index (χ1v) is 12.2. The number of anilines is 2. The van der Waals surface area contributed by atoms with Crippen LogP contribution in [0.1, 0.15) is 45.5 Å². The number of carboxylic acids is 2. The molecule has 0 aliphatic carbocycles. The monoisotopic (exact) mass is 582 g/mol. The van der Waals surface area contributed by atoms with Crippen LogP contribution in [0.15, 0.2) is 35.1 Å². The number of aromatic nitrogens is 1.